The summed E-state index contributed by atoms with van der Waals surface area (Å²) in [6.07, 6.45) is -3.76. The molecule has 9 heteroatoms. The SMILES string of the molecule is COc1nc(CC(=O)O)cc(C(F)F)c1[N+](=O)[O-]. The van der Waals surface area contributed by atoms with Gasteiger partial charge in [0.15, 0.2) is 0 Å². The summed E-state index contributed by atoms with van der Waals surface area (Å²) in [4.78, 5) is 23.6. The van der Waals surface area contributed by atoms with Gasteiger partial charge in [-0.25, -0.2) is 13.8 Å². The number of halogens is 2. The second kappa shape index (κ2) is 5.34. The second-order valence-electron chi connectivity index (χ2n) is 3.19. The summed E-state index contributed by atoms with van der Waals surface area (Å²) in [5.74, 6) is -1.92. The van der Waals surface area contributed by atoms with E-state index in [9.17, 15) is 23.7 Å². The number of ether oxygens (including phenoxy) is 1. The molecule has 1 heterocycles. The van der Waals surface area contributed by atoms with Gasteiger partial charge in [0.1, 0.15) is 5.56 Å². The predicted octanol–water partition coefficient (Wildman–Crippen LogP) is 1.56. The fourth-order valence-electron chi connectivity index (χ4n) is 1.32. The molecule has 0 radical (unpaired) electrons. The Morgan fingerprint density at radius 1 is 1.67 bits per heavy atom. The first-order valence-electron chi connectivity index (χ1n) is 4.59. The molecule has 0 saturated carbocycles. The minimum Gasteiger partial charge on any atom is -0.481 e. The summed E-state index contributed by atoms with van der Waals surface area (Å²) in [7, 11) is 1.02. The molecule has 1 N–H and O–H groups in total. The van der Waals surface area contributed by atoms with Gasteiger partial charge in [0, 0.05) is 0 Å². The van der Waals surface area contributed by atoms with Crippen molar-refractivity contribution in [1.82, 2.24) is 4.98 Å². The molecule has 7 nitrogen and oxygen atoms in total. The molecule has 0 amide bonds. The molecule has 0 bridgehead atoms. The van der Waals surface area contributed by atoms with Crippen molar-refractivity contribution in [2.75, 3.05) is 7.11 Å². The van der Waals surface area contributed by atoms with E-state index in [-0.39, 0.29) is 5.69 Å². The molecule has 0 spiro atoms. The largest absolute Gasteiger partial charge is 0.481 e. The van der Waals surface area contributed by atoms with Crippen LogP contribution < -0.4 is 4.74 Å². The van der Waals surface area contributed by atoms with Crippen molar-refractivity contribution in [2.45, 2.75) is 12.8 Å². The average Bonchev–Trinajstić information content (AvgIpc) is 2.26. The van der Waals surface area contributed by atoms with Crippen molar-refractivity contribution in [1.29, 1.82) is 0 Å². The molecular formula is C9H8F2N2O5. The number of hydrogen-bond donors (Lipinski definition) is 1. The van der Waals surface area contributed by atoms with Crippen LogP contribution in [0.2, 0.25) is 0 Å². The molecule has 98 valence electrons. The Morgan fingerprint density at radius 3 is 2.67 bits per heavy atom. The molecule has 0 saturated heterocycles. The normalized spacial score (nSPS) is 10.4. The molecule has 0 aliphatic heterocycles. The van der Waals surface area contributed by atoms with Gasteiger partial charge < -0.3 is 9.84 Å². The number of rotatable bonds is 5. The minimum absolute atomic E-state index is 0.236. The molecule has 1 aromatic heterocycles. The molecule has 0 fully saturated rings. The van der Waals surface area contributed by atoms with Crippen LogP contribution in [0.4, 0.5) is 14.5 Å². The number of carboxylic acids is 1. The lowest BCUT2D eigenvalue weighted by atomic mass is 10.1. The Kier molecular flexibility index (Phi) is 4.08. The van der Waals surface area contributed by atoms with Gasteiger partial charge in [-0.2, -0.15) is 0 Å². The Bertz CT molecular complexity index is 492. The second-order valence-corrected chi connectivity index (χ2v) is 3.19. The Balaban J connectivity index is 3.43. The molecule has 0 aliphatic carbocycles. The molecule has 0 aromatic carbocycles. The molecule has 18 heavy (non-hydrogen) atoms. The van der Waals surface area contributed by atoms with Crippen LogP contribution in [-0.2, 0) is 11.2 Å². The number of nitrogens with zero attached hydrogens (tertiary/aromatic N) is 2. The fourth-order valence-corrected chi connectivity index (χ4v) is 1.32. The molecule has 0 unspecified atom stereocenters. The third kappa shape index (κ3) is 2.87. The molecule has 0 aliphatic rings. The van der Waals surface area contributed by atoms with E-state index in [1.54, 1.807) is 0 Å². The molecule has 1 rings (SSSR count). The first kappa shape index (κ1) is 13.7. The quantitative estimate of drug-likeness (QED) is 0.638. The number of aromatic nitrogens is 1. The number of nitro groups is 1. The van der Waals surface area contributed by atoms with E-state index in [0.29, 0.717) is 6.07 Å². The monoisotopic (exact) mass is 262 g/mol. The first-order chi connectivity index (χ1) is 8.36. The van der Waals surface area contributed by atoms with E-state index in [0.717, 1.165) is 7.11 Å². The Morgan fingerprint density at radius 2 is 2.28 bits per heavy atom. The highest BCUT2D eigenvalue weighted by Gasteiger charge is 2.29. The van der Waals surface area contributed by atoms with Gasteiger partial charge in [-0.05, 0) is 6.07 Å². The van der Waals surface area contributed by atoms with E-state index in [1.165, 1.54) is 0 Å². The van der Waals surface area contributed by atoms with Crippen molar-refractivity contribution in [2.24, 2.45) is 0 Å². The molecular weight excluding hydrogens is 254 g/mol. The molecule has 0 atom stereocenters. The smallest absolute Gasteiger partial charge is 0.339 e. The van der Waals surface area contributed by atoms with Gasteiger partial charge in [0.2, 0.25) is 0 Å². The number of pyridine rings is 1. The highest BCUT2D eigenvalue weighted by Crippen LogP contribution is 2.35. The number of hydrogen-bond acceptors (Lipinski definition) is 5. The van der Waals surface area contributed by atoms with Gasteiger partial charge in [-0.1, -0.05) is 0 Å². The van der Waals surface area contributed by atoms with Crippen LogP contribution >= 0.6 is 0 Å². The summed E-state index contributed by atoms with van der Waals surface area (Å²) in [5.41, 5.74) is -2.11. The van der Waals surface area contributed by atoms with Crippen molar-refractivity contribution >= 4 is 11.7 Å². The topological polar surface area (TPSA) is 103 Å². The minimum atomic E-state index is -3.13. The van der Waals surface area contributed by atoms with Gasteiger partial charge >= 0.3 is 11.7 Å². The maximum absolute atomic E-state index is 12.7. The predicted molar refractivity (Wildman–Crippen MR) is 53.7 cm³/mol. The summed E-state index contributed by atoms with van der Waals surface area (Å²) in [6, 6.07) is 0.694. The van der Waals surface area contributed by atoms with Gasteiger partial charge in [-0.15, -0.1) is 0 Å². The van der Waals surface area contributed by atoms with Crippen LogP contribution in [0.3, 0.4) is 0 Å². The summed E-state index contributed by atoms with van der Waals surface area (Å²) < 4.78 is 29.9. The van der Waals surface area contributed by atoms with Crippen LogP contribution in [0, 0.1) is 10.1 Å². The van der Waals surface area contributed by atoms with Crippen LogP contribution in [0.5, 0.6) is 5.88 Å². The number of carbonyl (C=O) groups is 1. The van der Waals surface area contributed by atoms with Crippen molar-refractivity contribution < 1.29 is 28.3 Å². The van der Waals surface area contributed by atoms with Crippen LogP contribution in [0.25, 0.3) is 0 Å². The number of carboxylic acid groups (broad SMARTS) is 1. The zero-order valence-corrected chi connectivity index (χ0v) is 9.09. The third-order valence-electron chi connectivity index (χ3n) is 1.99. The van der Waals surface area contributed by atoms with Gasteiger partial charge in [0.05, 0.1) is 24.1 Å². The van der Waals surface area contributed by atoms with E-state index < -0.39 is 40.9 Å². The zero-order valence-electron chi connectivity index (χ0n) is 9.09. The summed E-state index contributed by atoms with van der Waals surface area (Å²) >= 11 is 0. The Labute approximate surface area is 99.2 Å². The van der Waals surface area contributed by atoms with E-state index in [2.05, 4.69) is 9.72 Å². The summed E-state index contributed by atoms with van der Waals surface area (Å²) in [5, 5.41) is 19.2. The fraction of sp³-hybridized carbons (Fsp3) is 0.333. The van der Waals surface area contributed by atoms with Crippen LogP contribution in [0.15, 0.2) is 6.07 Å². The number of aliphatic carboxylic acids is 1. The van der Waals surface area contributed by atoms with Gasteiger partial charge in [0.25, 0.3) is 12.3 Å². The average molecular weight is 262 g/mol. The third-order valence-corrected chi connectivity index (χ3v) is 1.99. The van der Waals surface area contributed by atoms with E-state index >= 15 is 0 Å². The summed E-state index contributed by atoms with van der Waals surface area (Å²) in [6.45, 7) is 0. The lowest BCUT2D eigenvalue weighted by Gasteiger charge is -2.08. The van der Waals surface area contributed by atoms with Crippen molar-refractivity contribution in [3.63, 3.8) is 0 Å². The van der Waals surface area contributed by atoms with Crippen LogP contribution in [-0.4, -0.2) is 28.1 Å². The highest BCUT2D eigenvalue weighted by molar-refractivity contribution is 5.70. The number of methoxy groups -OCH3 is 1. The highest BCUT2D eigenvalue weighted by atomic mass is 19.3. The van der Waals surface area contributed by atoms with E-state index in [1.807, 2.05) is 0 Å². The standard InChI is InChI=1S/C9H8F2N2O5/c1-18-9-7(13(16)17)5(8(10)11)2-4(12-9)3-6(14)15/h2,8H,3H2,1H3,(H,14,15). The Hall–Kier alpha value is -2.32. The molecule has 1 aromatic rings. The zero-order chi connectivity index (χ0) is 13.9. The van der Waals surface area contributed by atoms with Crippen molar-refractivity contribution in [3.8, 4) is 5.88 Å². The van der Waals surface area contributed by atoms with Crippen LogP contribution in [0.1, 0.15) is 17.7 Å². The van der Waals surface area contributed by atoms with Crippen molar-refractivity contribution in [3.05, 3.63) is 27.4 Å². The van der Waals surface area contributed by atoms with Gasteiger partial charge in [-0.3, -0.25) is 14.9 Å². The first-order valence-corrected chi connectivity index (χ1v) is 4.59. The lowest BCUT2D eigenvalue weighted by Crippen LogP contribution is -2.08. The van der Waals surface area contributed by atoms with E-state index in [4.69, 9.17) is 5.11 Å². The lowest BCUT2D eigenvalue weighted by molar-refractivity contribution is -0.387. The number of alkyl halides is 2. The maximum atomic E-state index is 12.7. The maximum Gasteiger partial charge on any atom is 0.339 e.